The van der Waals surface area contributed by atoms with Crippen LogP contribution >= 0.6 is 0 Å². The smallest absolute Gasteiger partial charge is 0.319 e. The first-order valence-electron chi connectivity index (χ1n) is 6.99. The summed E-state index contributed by atoms with van der Waals surface area (Å²) >= 11 is 0. The van der Waals surface area contributed by atoms with Gasteiger partial charge >= 0.3 is 6.03 Å². The summed E-state index contributed by atoms with van der Waals surface area (Å²) in [4.78, 5) is 13.7. The molecular formula is C14H19N5O2. The minimum absolute atomic E-state index is 0.0685. The summed E-state index contributed by atoms with van der Waals surface area (Å²) < 4.78 is 0. The minimum atomic E-state index is -0.259. The van der Waals surface area contributed by atoms with Gasteiger partial charge in [0.1, 0.15) is 17.8 Å². The zero-order chi connectivity index (χ0) is 15.0. The van der Waals surface area contributed by atoms with E-state index in [0.29, 0.717) is 5.84 Å². The van der Waals surface area contributed by atoms with Crippen LogP contribution < -0.4 is 15.5 Å². The molecule has 0 aromatic heterocycles. The third kappa shape index (κ3) is 2.35. The second kappa shape index (κ2) is 5.16. The van der Waals surface area contributed by atoms with Crippen LogP contribution in [0.25, 0.3) is 0 Å². The Labute approximate surface area is 123 Å². The SMILES string of the molecule is CNC(=O)NC1=NN2CCN(c3cccc(O)c3)C2C1C. The molecule has 3 rings (SSSR count). The zero-order valence-corrected chi connectivity index (χ0v) is 12.1. The molecule has 2 aliphatic rings. The van der Waals surface area contributed by atoms with Gasteiger partial charge < -0.3 is 15.3 Å². The van der Waals surface area contributed by atoms with Gasteiger partial charge in [0.2, 0.25) is 0 Å². The Morgan fingerprint density at radius 1 is 1.43 bits per heavy atom. The molecule has 1 aromatic carbocycles. The summed E-state index contributed by atoms with van der Waals surface area (Å²) in [7, 11) is 1.58. The van der Waals surface area contributed by atoms with E-state index in [1.54, 1.807) is 19.2 Å². The van der Waals surface area contributed by atoms with Gasteiger partial charge in [0, 0.05) is 25.3 Å². The lowest BCUT2D eigenvalue weighted by Gasteiger charge is -2.29. The van der Waals surface area contributed by atoms with Gasteiger partial charge in [0.05, 0.1) is 12.5 Å². The number of rotatable bonds is 1. The number of hydrazone groups is 1. The highest BCUT2D eigenvalue weighted by Gasteiger charge is 2.43. The van der Waals surface area contributed by atoms with Crippen molar-refractivity contribution in [2.24, 2.45) is 11.0 Å². The number of carbonyl (C=O) groups excluding carboxylic acids is 1. The maximum Gasteiger partial charge on any atom is 0.319 e. The molecular weight excluding hydrogens is 270 g/mol. The average molecular weight is 289 g/mol. The standard InChI is InChI=1S/C14H19N5O2/c1-9-12(16-14(21)15-2)17-19-7-6-18(13(9)19)10-4-3-5-11(20)8-10/h3-5,8-9,13,20H,6-7H2,1-2H3,(H2,15,16,17,21). The highest BCUT2D eigenvalue weighted by molar-refractivity contribution is 5.99. The number of aromatic hydroxyl groups is 1. The predicted octanol–water partition coefficient (Wildman–Crippen LogP) is 0.732. The number of anilines is 1. The number of amidine groups is 1. The van der Waals surface area contributed by atoms with Gasteiger partial charge in [-0.3, -0.25) is 10.3 Å². The molecule has 0 spiro atoms. The summed E-state index contributed by atoms with van der Waals surface area (Å²) in [5.74, 6) is 0.998. The Bertz CT molecular complexity index is 588. The van der Waals surface area contributed by atoms with E-state index in [-0.39, 0.29) is 23.9 Å². The van der Waals surface area contributed by atoms with Crippen LogP contribution in [0, 0.1) is 5.92 Å². The Kier molecular flexibility index (Phi) is 3.32. The van der Waals surface area contributed by atoms with E-state index in [0.717, 1.165) is 18.8 Å². The molecule has 1 aromatic rings. The molecule has 2 unspecified atom stereocenters. The third-order valence-electron chi connectivity index (χ3n) is 3.94. The molecule has 7 heteroatoms. The first kappa shape index (κ1) is 13.5. The monoisotopic (exact) mass is 289 g/mol. The summed E-state index contributed by atoms with van der Waals surface area (Å²) in [5.41, 5.74) is 0.964. The van der Waals surface area contributed by atoms with E-state index in [2.05, 4.69) is 20.6 Å². The number of phenols is 1. The van der Waals surface area contributed by atoms with Crippen LogP contribution in [-0.4, -0.2) is 48.3 Å². The van der Waals surface area contributed by atoms with Crippen LogP contribution in [-0.2, 0) is 0 Å². The number of amides is 2. The van der Waals surface area contributed by atoms with E-state index < -0.39 is 0 Å². The maximum absolute atomic E-state index is 11.5. The van der Waals surface area contributed by atoms with Crippen molar-refractivity contribution >= 4 is 17.6 Å². The van der Waals surface area contributed by atoms with Gasteiger partial charge in [-0.1, -0.05) is 13.0 Å². The number of benzene rings is 1. The first-order valence-corrected chi connectivity index (χ1v) is 6.99. The van der Waals surface area contributed by atoms with Crippen LogP contribution in [0.1, 0.15) is 6.92 Å². The molecule has 2 heterocycles. The van der Waals surface area contributed by atoms with Crippen LogP contribution in [0.5, 0.6) is 5.75 Å². The average Bonchev–Trinajstić information content (AvgIpc) is 3.00. The normalized spacial score (nSPS) is 23.8. The Morgan fingerprint density at radius 3 is 2.95 bits per heavy atom. The Balaban J connectivity index is 1.80. The number of nitrogens with zero attached hydrogens (tertiary/aromatic N) is 3. The number of carbonyl (C=O) groups is 1. The Morgan fingerprint density at radius 2 is 2.24 bits per heavy atom. The van der Waals surface area contributed by atoms with Gasteiger partial charge in [-0.15, -0.1) is 0 Å². The van der Waals surface area contributed by atoms with E-state index in [9.17, 15) is 9.90 Å². The van der Waals surface area contributed by atoms with Crippen LogP contribution in [0.2, 0.25) is 0 Å². The van der Waals surface area contributed by atoms with E-state index in [4.69, 9.17) is 0 Å². The van der Waals surface area contributed by atoms with Crippen molar-refractivity contribution < 1.29 is 9.90 Å². The molecule has 7 nitrogen and oxygen atoms in total. The fourth-order valence-corrected chi connectivity index (χ4v) is 2.91. The highest BCUT2D eigenvalue weighted by Crippen LogP contribution is 2.33. The van der Waals surface area contributed by atoms with Gasteiger partial charge in [-0.25, -0.2) is 4.79 Å². The Hall–Kier alpha value is -2.44. The summed E-state index contributed by atoms with van der Waals surface area (Å²) in [6.45, 7) is 3.68. The van der Waals surface area contributed by atoms with Crippen molar-refractivity contribution in [1.82, 2.24) is 15.6 Å². The van der Waals surface area contributed by atoms with Crippen molar-refractivity contribution in [2.45, 2.75) is 13.1 Å². The zero-order valence-electron chi connectivity index (χ0n) is 12.1. The summed E-state index contributed by atoms with van der Waals surface area (Å²) in [6.07, 6.45) is 0.0685. The minimum Gasteiger partial charge on any atom is -0.508 e. The van der Waals surface area contributed by atoms with E-state index in [1.807, 2.05) is 24.1 Å². The predicted molar refractivity (Wildman–Crippen MR) is 80.1 cm³/mol. The number of nitrogens with one attached hydrogen (secondary N) is 2. The number of fused-ring (bicyclic) bond motifs is 1. The number of phenolic OH excluding ortho intramolecular Hbond substituents is 1. The van der Waals surface area contributed by atoms with Gasteiger partial charge in [-0.2, -0.15) is 5.10 Å². The van der Waals surface area contributed by atoms with Crippen LogP contribution in [0.15, 0.2) is 29.4 Å². The van der Waals surface area contributed by atoms with Crippen molar-refractivity contribution in [3.8, 4) is 5.75 Å². The molecule has 0 aliphatic carbocycles. The van der Waals surface area contributed by atoms with Crippen LogP contribution in [0.4, 0.5) is 10.5 Å². The molecule has 112 valence electrons. The maximum atomic E-state index is 11.5. The van der Waals surface area contributed by atoms with Gasteiger partial charge in [0.15, 0.2) is 0 Å². The van der Waals surface area contributed by atoms with Crippen molar-refractivity contribution in [2.75, 3.05) is 25.0 Å². The number of hydrogen-bond acceptors (Lipinski definition) is 5. The topological polar surface area (TPSA) is 80.2 Å². The molecule has 0 radical (unpaired) electrons. The van der Waals surface area contributed by atoms with E-state index in [1.165, 1.54) is 0 Å². The fourth-order valence-electron chi connectivity index (χ4n) is 2.91. The largest absolute Gasteiger partial charge is 0.508 e. The molecule has 0 saturated carbocycles. The second-order valence-corrected chi connectivity index (χ2v) is 5.27. The lowest BCUT2D eigenvalue weighted by molar-refractivity contribution is 0.247. The molecule has 2 aliphatic heterocycles. The molecule has 2 atom stereocenters. The van der Waals surface area contributed by atoms with Crippen molar-refractivity contribution in [3.05, 3.63) is 24.3 Å². The lowest BCUT2D eigenvalue weighted by Crippen LogP contribution is -2.45. The van der Waals surface area contributed by atoms with Gasteiger partial charge in [-0.05, 0) is 12.1 Å². The molecule has 0 bridgehead atoms. The van der Waals surface area contributed by atoms with Crippen molar-refractivity contribution in [3.63, 3.8) is 0 Å². The summed E-state index contributed by atoms with van der Waals surface area (Å²) in [6, 6.07) is 6.95. The summed E-state index contributed by atoms with van der Waals surface area (Å²) in [5, 5.41) is 21.4. The molecule has 21 heavy (non-hydrogen) atoms. The van der Waals surface area contributed by atoms with Crippen LogP contribution in [0.3, 0.4) is 0 Å². The number of urea groups is 1. The second-order valence-electron chi connectivity index (χ2n) is 5.27. The third-order valence-corrected chi connectivity index (χ3v) is 3.94. The van der Waals surface area contributed by atoms with E-state index >= 15 is 0 Å². The fraction of sp³-hybridized carbons (Fsp3) is 0.429. The first-order chi connectivity index (χ1) is 10.1. The molecule has 3 N–H and O–H groups in total. The van der Waals surface area contributed by atoms with Crippen molar-refractivity contribution in [1.29, 1.82) is 0 Å². The molecule has 1 fully saturated rings. The molecule has 1 saturated heterocycles. The highest BCUT2D eigenvalue weighted by atomic mass is 16.3. The molecule has 2 amide bonds. The van der Waals surface area contributed by atoms with Gasteiger partial charge in [0.25, 0.3) is 0 Å². The lowest BCUT2D eigenvalue weighted by atomic mass is 10.1. The number of hydrogen-bond donors (Lipinski definition) is 3. The quantitative estimate of drug-likeness (QED) is 0.712.